The number of rotatable bonds is 6. The molecule has 0 saturated heterocycles. The summed E-state index contributed by atoms with van der Waals surface area (Å²) in [7, 11) is 0. The molecular weight excluding hydrogens is 220 g/mol. The van der Waals surface area contributed by atoms with Crippen LogP contribution in [0.2, 0.25) is 0 Å². The van der Waals surface area contributed by atoms with E-state index in [0.29, 0.717) is 6.54 Å². The standard InChI is InChI=1S/C12H18N2O3/c1-9(8-15)7-13-10(2)11-4-3-5-12(6-11)14(16)17/h3-6,9-10,13,15H,7-8H2,1-2H3. The van der Waals surface area contributed by atoms with Crippen LogP contribution in [0, 0.1) is 16.0 Å². The topological polar surface area (TPSA) is 75.4 Å². The normalized spacial score (nSPS) is 14.3. The number of nitro benzene ring substituents is 1. The Bertz CT molecular complexity index is 382. The van der Waals surface area contributed by atoms with E-state index in [1.54, 1.807) is 12.1 Å². The number of aliphatic hydroxyl groups excluding tert-OH is 1. The fraction of sp³-hybridized carbons (Fsp3) is 0.500. The molecule has 1 aromatic carbocycles. The monoisotopic (exact) mass is 238 g/mol. The van der Waals surface area contributed by atoms with Gasteiger partial charge in [-0.25, -0.2) is 0 Å². The number of benzene rings is 1. The third-order valence-electron chi connectivity index (χ3n) is 2.67. The van der Waals surface area contributed by atoms with Crippen LogP contribution in [-0.4, -0.2) is 23.2 Å². The van der Waals surface area contributed by atoms with Crippen LogP contribution in [0.5, 0.6) is 0 Å². The summed E-state index contributed by atoms with van der Waals surface area (Å²) < 4.78 is 0. The molecule has 5 heteroatoms. The first kappa shape index (κ1) is 13.6. The van der Waals surface area contributed by atoms with Crippen molar-refractivity contribution in [1.29, 1.82) is 0 Å². The number of hydrogen-bond acceptors (Lipinski definition) is 4. The molecular formula is C12H18N2O3. The minimum Gasteiger partial charge on any atom is -0.396 e. The van der Waals surface area contributed by atoms with Crippen molar-refractivity contribution in [3.8, 4) is 0 Å². The summed E-state index contributed by atoms with van der Waals surface area (Å²) in [4.78, 5) is 10.2. The van der Waals surface area contributed by atoms with Gasteiger partial charge in [-0.2, -0.15) is 0 Å². The van der Waals surface area contributed by atoms with Crippen LogP contribution in [0.4, 0.5) is 5.69 Å². The second kappa shape index (κ2) is 6.32. The van der Waals surface area contributed by atoms with E-state index in [1.807, 2.05) is 19.9 Å². The van der Waals surface area contributed by atoms with Crippen molar-refractivity contribution in [2.75, 3.05) is 13.2 Å². The van der Waals surface area contributed by atoms with Crippen molar-refractivity contribution in [2.24, 2.45) is 5.92 Å². The molecule has 1 aromatic rings. The maximum absolute atomic E-state index is 10.6. The van der Waals surface area contributed by atoms with Gasteiger partial charge >= 0.3 is 0 Å². The maximum atomic E-state index is 10.6. The predicted octanol–water partition coefficient (Wildman–Crippen LogP) is 1.87. The number of hydrogen-bond donors (Lipinski definition) is 2. The van der Waals surface area contributed by atoms with Crippen LogP contribution in [0.1, 0.15) is 25.5 Å². The SMILES string of the molecule is CC(CO)CNC(C)c1cccc([N+](=O)[O-])c1. The zero-order valence-corrected chi connectivity index (χ0v) is 10.1. The molecule has 2 unspecified atom stereocenters. The van der Waals surface area contributed by atoms with Crippen molar-refractivity contribution in [3.63, 3.8) is 0 Å². The Morgan fingerprint density at radius 3 is 2.76 bits per heavy atom. The molecule has 0 spiro atoms. The van der Waals surface area contributed by atoms with Crippen molar-refractivity contribution in [2.45, 2.75) is 19.9 Å². The quantitative estimate of drug-likeness (QED) is 0.586. The molecule has 0 amide bonds. The molecule has 2 N–H and O–H groups in total. The molecule has 0 bridgehead atoms. The molecule has 5 nitrogen and oxygen atoms in total. The fourth-order valence-electron chi connectivity index (χ4n) is 1.47. The van der Waals surface area contributed by atoms with Gasteiger partial charge in [0.05, 0.1) is 4.92 Å². The van der Waals surface area contributed by atoms with Gasteiger partial charge in [-0.1, -0.05) is 19.1 Å². The maximum Gasteiger partial charge on any atom is 0.269 e. The Balaban J connectivity index is 2.65. The summed E-state index contributed by atoms with van der Waals surface area (Å²) in [5.41, 5.74) is 0.982. The van der Waals surface area contributed by atoms with Crippen LogP contribution >= 0.6 is 0 Å². The van der Waals surface area contributed by atoms with E-state index in [2.05, 4.69) is 5.32 Å². The van der Waals surface area contributed by atoms with E-state index in [1.165, 1.54) is 6.07 Å². The molecule has 1 rings (SSSR count). The van der Waals surface area contributed by atoms with Crippen LogP contribution in [-0.2, 0) is 0 Å². The number of nitro groups is 1. The lowest BCUT2D eigenvalue weighted by Crippen LogP contribution is -2.26. The van der Waals surface area contributed by atoms with Crippen molar-refractivity contribution < 1.29 is 10.0 Å². The van der Waals surface area contributed by atoms with E-state index in [4.69, 9.17) is 5.11 Å². The number of nitrogens with zero attached hydrogens (tertiary/aromatic N) is 1. The second-order valence-corrected chi connectivity index (χ2v) is 4.27. The fourth-order valence-corrected chi connectivity index (χ4v) is 1.47. The van der Waals surface area contributed by atoms with Crippen LogP contribution in [0.15, 0.2) is 24.3 Å². The molecule has 0 aliphatic carbocycles. The van der Waals surface area contributed by atoms with Gasteiger partial charge in [0.25, 0.3) is 5.69 Å². The van der Waals surface area contributed by atoms with Gasteiger partial charge in [0.2, 0.25) is 0 Å². The average Bonchev–Trinajstić information content (AvgIpc) is 2.35. The average molecular weight is 238 g/mol. The van der Waals surface area contributed by atoms with Gasteiger partial charge in [-0.15, -0.1) is 0 Å². The highest BCUT2D eigenvalue weighted by Crippen LogP contribution is 2.18. The minimum atomic E-state index is -0.396. The highest BCUT2D eigenvalue weighted by atomic mass is 16.6. The highest BCUT2D eigenvalue weighted by molar-refractivity contribution is 5.35. The van der Waals surface area contributed by atoms with Gasteiger partial charge in [0, 0.05) is 31.3 Å². The van der Waals surface area contributed by atoms with Gasteiger partial charge in [0.15, 0.2) is 0 Å². The summed E-state index contributed by atoms with van der Waals surface area (Å²) in [5, 5.41) is 22.8. The smallest absolute Gasteiger partial charge is 0.269 e. The number of aliphatic hydroxyl groups is 1. The molecule has 0 aliphatic heterocycles. The Kier molecular flexibility index (Phi) is 5.06. The lowest BCUT2D eigenvalue weighted by Gasteiger charge is -2.16. The summed E-state index contributed by atoms with van der Waals surface area (Å²) >= 11 is 0. The van der Waals surface area contributed by atoms with Crippen molar-refractivity contribution >= 4 is 5.69 Å². The van der Waals surface area contributed by atoms with Crippen LogP contribution < -0.4 is 5.32 Å². The molecule has 0 fully saturated rings. The number of non-ortho nitro benzene ring substituents is 1. The molecule has 0 aromatic heterocycles. The van der Waals surface area contributed by atoms with Crippen molar-refractivity contribution in [3.05, 3.63) is 39.9 Å². The predicted molar refractivity (Wildman–Crippen MR) is 65.8 cm³/mol. The Morgan fingerprint density at radius 1 is 1.47 bits per heavy atom. The second-order valence-electron chi connectivity index (χ2n) is 4.27. The lowest BCUT2D eigenvalue weighted by molar-refractivity contribution is -0.384. The zero-order valence-electron chi connectivity index (χ0n) is 10.1. The lowest BCUT2D eigenvalue weighted by atomic mass is 10.1. The minimum absolute atomic E-state index is 0.0314. The van der Waals surface area contributed by atoms with Crippen molar-refractivity contribution in [1.82, 2.24) is 5.32 Å². The van der Waals surface area contributed by atoms with Gasteiger partial charge in [0.1, 0.15) is 0 Å². The Morgan fingerprint density at radius 2 is 2.18 bits per heavy atom. The van der Waals surface area contributed by atoms with E-state index in [-0.39, 0.29) is 24.3 Å². The summed E-state index contributed by atoms with van der Waals surface area (Å²) in [6, 6.07) is 6.62. The highest BCUT2D eigenvalue weighted by Gasteiger charge is 2.11. The van der Waals surface area contributed by atoms with E-state index < -0.39 is 4.92 Å². The molecule has 0 radical (unpaired) electrons. The molecule has 2 atom stereocenters. The molecule has 0 heterocycles. The van der Waals surface area contributed by atoms with Gasteiger partial charge in [-0.05, 0) is 18.4 Å². The third-order valence-corrected chi connectivity index (χ3v) is 2.67. The van der Waals surface area contributed by atoms with E-state index in [9.17, 15) is 10.1 Å². The molecule has 0 saturated carbocycles. The Labute approximate surface area is 101 Å². The van der Waals surface area contributed by atoms with Gasteiger partial charge in [-0.3, -0.25) is 10.1 Å². The van der Waals surface area contributed by atoms with Crippen LogP contribution in [0.3, 0.4) is 0 Å². The molecule has 94 valence electrons. The summed E-state index contributed by atoms with van der Waals surface area (Å²) in [6.07, 6.45) is 0. The first-order chi connectivity index (χ1) is 8.04. The van der Waals surface area contributed by atoms with E-state index in [0.717, 1.165) is 5.56 Å². The molecule has 0 aliphatic rings. The molecule has 17 heavy (non-hydrogen) atoms. The first-order valence-electron chi connectivity index (χ1n) is 5.63. The zero-order chi connectivity index (χ0) is 12.8. The largest absolute Gasteiger partial charge is 0.396 e. The van der Waals surface area contributed by atoms with Gasteiger partial charge < -0.3 is 10.4 Å². The Hall–Kier alpha value is -1.46. The first-order valence-corrected chi connectivity index (χ1v) is 5.63. The summed E-state index contributed by atoms with van der Waals surface area (Å²) in [5.74, 6) is 0.177. The van der Waals surface area contributed by atoms with E-state index >= 15 is 0 Å². The summed E-state index contributed by atoms with van der Waals surface area (Å²) in [6.45, 7) is 4.70. The number of nitrogens with one attached hydrogen (secondary N) is 1. The van der Waals surface area contributed by atoms with Crippen LogP contribution in [0.25, 0.3) is 0 Å². The third kappa shape index (κ3) is 4.13.